The first-order valence-corrected chi connectivity index (χ1v) is 13.8. The average Bonchev–Trinajstić information content (AvgIpc) is 3.15. The van der Waals surface area contributed by atoms with Crippen LogP contribution in [0, 0.1) is 12.7 Å². The summed E-state index contributed by atoms with van der Waals surface area (Å²) >= 11 is 1.54. The Bertz CT molecular complexity index is 1390. The number of carbonyl (C=O) groups excluding carboxylic acids is 1. The smallest absolute Gasteiger partial charge is 0.416 e. The van der Waals surface area contributed by atoms with Crippen molar-refractivity contribution < 1.29 is 31.8 Å². The monoisotopic (exact) mass is 561 g/mol. The van der Waals surface area contributed by atoms with Gasteiger partial charge in [-0.3, -0.25) is 4.90 Å². The fraction of sp³-hybridized carbons (Fsp3) is 0.367. The van der Waals surface area contributed by atoms with E-state index in [1.807, 2.05) is 38.3 Å². The molecule has 0 spiro atoms. The summed E-state index contributed by atoms with van der Waals surface area (Å²) in [6.07, 6.45) is -4.05. The van der Waals surface area contributed by atoms with Crippen molar-refractivity contribution in [3.8, 4) is 16.9 Å². The van der Waals surface area contributed by atoms with Gasteiger partial charge in [0.1, 0.15) is 17.7 Å². The summed E-state index contributed by atoms with van der Waals surface area (Å²) in [5, 5.41) is 0. The van der Waals surface area contributed by atoms with E-state index in [1.165, 1.54) is 29.8 Å². The number of nitrogens with zero attached hydrogens (tertiary/aromatic N) is 1. The summed E-state index contributed by atoms with van der Waals surface area (Å²) in [4.78, 5) is 15.5. The highest BCUT2D eigenvalue weighted by Crippen LogP contribution is 2.41. The normalized spacial score (nSPS) is 17.6. The van der Waals surface area contributed by atoms with Crippen molar-refractivity contribution in [1.82, 2.24) is 4.90 Å². The van der Waals surface area contributed by atoms with Crippen LogP contribution in [0.5, 0.6) is 5.75 Å². The summed E-state index contributed by atoms with van der Waals surface area (Å²) in [6, 6.07) is 12.2. The third-order valence-corrected chi connectivity index (χ3v) is 7.76. The van der Waals surface area contributed by atoms with E-state index in [-0.39, 0.29) is 18.3 Å². The number of ether oxygens (including phenoxy) is 2. The number of alkyl halides is 3. The molecule has 0 radical (unpaired) electrons. The van der Waals surface area contributed by atoms with Gasteiger partial charge in [-0.2, -0.15) is 13.2 Å². The summed E-state index contributed by atoms with van der Waals surface area (Å²) in [6.45, 7) is 7.31. The molecule has 2 atom stereocenters. The molecule has 1 unspecified atom stereocenters. The molecule has 0 aromatic heterocycles. The molecule has 39 heavy (non-hydrogen) atoms. The summed E-state index contributed by atoms with van der Waals surface area (Å²) in [5.74, 6) is -0.0536. The van der Waals surface area contributed by atoms with Crippen molar-refractivity contribution in [3.05, 3.63) is 82.2 Å². The number of aryl methyl sites for hydroxylation is 1. The Morgan fingerprint density at radius 1 is 1.08 bits per heavy atom. The predicted octanol–water partition coefficient (Wildman–Crippen LogP) is 8.76. The van der Waals surface area contributed by atoms with Crippen LogP contribution in [0.15, 0.2) is 53.4 Å². The van der Waals surface area contributed by atoms with Crippen LogP contribution in [0.2, 0.25) is 0 Å². The Hall–Kier alpha value is -3.20. The highest BCUT2D eigenvalue weighted by molar-refractivity contribution is 7.98. The van der Waals surface area contributed by atoms with Crippen molar-refractivity contribution in [1.29, 1.82) is 0 Å². The number of rotatable bonds is 7. The fourth-order valence-corrected chi connectivity index (χ4v) is 5.43. The lowest BCUT2D eigenvalue weighted by Gasteiger charge is -2.24. The Labute approximate surface area is 230 Å². The second-order valence-corrected chi connectivity index (χ2v) is 10.9. The first-order chi connectivity index (χ1) is 18.3. The number of halogens is 4. The van der Waals surface area contributed by atoms with Crippen LogP contribution in [0.3, 0.4) is 0 Å². The van der Waals surface area contributed by atoms with Gasteiger partial charge in [0, 0.05) is 16.5 Å². The van der Waals surface area contributed by atoms with E-state index in [2.05, 4.69) is 0 Å². The average molecular weight is 562 g/mol. The molecule has 0 N–H and O–H groups in total. The largest absolute Gasteiger partial charge is 0.496 e. The molecule has 3 aromatic rings. The maximum atomic E-state index is 14.7. The van der Waals surface area contributed by atoms with E-state index < -0.39 is 30.0 Å². The summed E-state index contributed by atoms with van der Waals surface area (Å²) < 4.78 is 66.3. The SMILES string of the molecule is COc1cc(F)c(C(C)C)cc1-c1ccc(SC)cc1CN1C(=O)OC(c2cc(C)cc(C(F)(F)F)c2)[C@@H]1C. The number of benzene rings is 3. The zero-order valence-electron chi connectivity index (χ0n) is 22.7. The zero-order valence-corrected chi connectivity index (χ0v) is 23.5. The van der Waals surface area contributed by atoms with Gasteiger partial charge in [-0.25, -0.2) is 9.18 Å². The van der Waals surface area contributed by atoms with Crippen molar-refractivity contribution in [2.45, 2.75) is 63.4 Å². The minimum Gasteiger partial charge on any atom is -0.496 e. The third kappa shape index (κ3) is 5.88. The van der Waals surface area contributed by atoms with Gasteiger partial charge < -0.3 is 9.47 Å². The maximum Gasteiger partial charge on any atom is 0.416 e. The highest BCUT2D eigenvalue weighted by Gasteiger charge is 2.41. The van der Waals surface area contributed by atoms with Crippen molar-refractivity contribution in [3.63, 3.8) is 0 Å². The van der Waals surface area contributed by atoms with Crippen LogP contribution in [-0.4, -0.2) is 30.4 Å². The van der Waals surface area contributed by atoms with E-state index in [0.29, 0.717) is 28.0 Å². The van der Waals surface area contributed by atoms with Gasteiger partial charge in [0.25, 0.3) is 0 Å². The van der Waals surface area contributed by atoms with Crippen LogP contribution in [0.1, 0.15) is 60.6 Å². The van der Waals surface area contributed by atoms with Crippen molar-refractivity contribution in [2.24, 2.45) is 0 Å². The number of hydrogen-bond donors (Lipinski definition) is 0. The van der Waals surface area contributed by atoms with Gasteiger partial charge in [-0.15, -0.1) is 11.8 Å². The van der Waals surface area contributed by atoms with Gasteiger partial charge in [-0.1, -0.05) is 31.5 Å². The molecule has 1 amide bonds. The Kier molecular flexibility index (Phi) is 8.21. The molecule has 4 rings (SSSR count). The van der Waals surface area contributed by atoms with Gasteiger partial charge in [0.05, 0.1) is 25.3 Å². The first-order valence-electron chi connectivity index (χ1n) is 12.5. The molecule has 0 aliphatic carbocycles. The van der Waals surface area contributed by atoms with Crippen LogP contribution in [-0.2, 0) is 17.5 Å². The van der Waals surface area contributed by atoms with Crippen LogP contribution in [0.25, 0.3) is 11.1 Å². The van der Waals surface area contributed by atoms with Crippen molar-refractivity contribution in [2.75, 3.05) is 13.4 Å². The van der Waals surface area contributed by atoms with Crippen LogP contribution in [0.4, 0.5) is 22.4 Å². The molecule has 4 nitrogen and oxygen atoms in total. The first kappa shape index (κ1) is 28.8. The topological polar surface area (TPSA) is 38.8 Å². The van der Waals surface area contributed by atoms with E-state index in [4.69, 9.17) is 9.47 Å². The van der Waals surface area contributed by atoms with E-state index in [9.17, 15) is 22.4 Å². The minimum absolute atomic E-state index is 0.0613. The molecule has 1 fully saturated rings. The van der Waals surface area contributed by atoms with Crippen LogP contribution >= 0.6 is 11.8 Å². The van der Waals surface area contributed by atoms with Gasteiger partial charge in [0.15, 0.2) is 0 Å². The second kappa shape index (κ2) is 11.1. The molecule has 1 heterocycles. The van der Waals surface area contributed by atoms with Gasteiger partial charge >= 0.3 is 12.3 Å². The number of carbonyl (C=O) groups is 1. The second-order valence-electron chi connectivity index (χ2n) is 10.1. The fourth-order valence-electron chi connectivity index (χ4n) is 4.97. The quantitative estimate of drug-likeness (QED) is 0.214. The Morgan fingerprint density at radius 3 is 2.41 bits per heavy atom. The molecule has 9 heteroatoms. The lowest BCUT2D eigenvalue weighted by atomic mass is 9.93. The van der Waals surface area contributed by atoms with E-state index in [0.717, 1.165) is 28.2 Å². The lowest BCUT2D eigenvalue weighted by Crippen LogP contribution is -2.31. The molecule has 208 valence electrons. The summed E-state index contributed by atoms with van der Waals surface area (Å²) in [7, 11) is 1.48. The van der Waals surface area contributed by atoms with Crippen LogP contribution < -0.4 is 4.74 Å². The molecule has 3 aromatic carbocycles. The molecular formula is C30H31F4NO3S. The third-order valence-electron chi connectivity index (χ3n) is 7.03. The van der Waals surface area contributed by atoms with E-state index >= 15 is 0 Å². The number of methoxy groups -OCH3 is 1. The lowest BCUT2D eigenvalue weighted by molar-refractivity contribution is -0.137. The highest BCUT2D eigenvalue weighted by atomic mass is 32.2. The molecule has 0 saturated carbocycles. The minimum atomic E-state index is -4.51. The zero-order chi connectivity index (χ0) is 28.6. The van der Waals surface area contributed by atoms with Crippen molar-refractivity contribution >= 4 is 17.9 Å². The number of thioether (sulfide) groups is 1. The number of cyclic esters (lactones) is 1. The molecular weight excluding hydrogens is 530 g/mol. The number of amides is 1. The standard InChI is InChI=1S/C30H31F4NO3S/c1-16(2)24-13-25(27(37-5)14-26(24)31)23-8-7-22(39-6)12-20(23)15-35-18(4)28(38-29(35)36)19-9-17(3)10-21(11-19)30(32,33)34/h7-14,16,18,28H,15H2,1-6H3/t18-,28?/m0/s1. The molecule has 1 aliphatic rings. The maximum absolute atomic E-state index is 14.7. The summed E-state index contributed by atoms with van der Waals surface area (Å²) in [5.41, 5.74) is 2.73. The molecule has 1 saturated heterocycles. The predicted molar refractivity (Wildman–Crippen MR) is 145 cm³/mol. The van der Waals surface area contributed by atoms with E-state index in [1.54, 1.807) is 26.0 Å². The van der Waals surface area contributed by atoms with Gasteiger partial charge in [-0.05, 0) is 78.6 Å². The Balaban J connectivity index is 1.75. The molecule has 0 bridgehead atoms. The Morgan fingerprint density at radius 2 is 1.79 bits per heavy atom. The molecule has 1 aliphatic heterocycles. The van der Waals surface area contributed by atoms with Gasteiger partial charge in [0.2, 0.25) is 0 Å². The number of hydrogen-bond acceptors (Lipinski definition) is 4.